The van der Waals surface area contributed by atoms with Gasteiger partial charge in [-0.2, -0.15) is 0 Å². The fourth-order valence-electron chi connectivity index (χ4n) is 3.58. The number of carbonyl (C=O) groups excluding carboxylic acids is 1. The molecular formula is C16H30O3. The average Bonchev–Trinajstić information content (AvgIpc) is 2.28. The Morgan fingerprint density at radius 1 is 1.42 bits per heavy atom. The maximum atomic E-state index is 12.3. The van der Waals surface area contributed by atoms with Crippen LogP contribution in [0.4, 0.5) is 0 Å². The molecule has 112 valence electrons. The van der Waals surface area contributed by atoms with Crippen LogP contribution >= 0.6 is 0 Å². The van der Waals surface area contributed by atoms with Crippen LogP contribution in [-0.2, 0) is 9.53 Å². The van der Waals surface area contributed by atoms with Crippen LogP contribution in [0.1, 0.15) is 60.8 Å². The van der Waals surface area contributed by atoms with Gasteiger partial charge >= 0.3 is 5.97 Å². The van der Waals surface area contributed by atoms with Crippen molar-refractivity contribution in [2.75, 3.05) is 6.61 Å². The second-order valence-electron chi connectivity index (χ2n) is 7.01. The number of aliphatic hydroxyl groups is 1. The zero-order chi connectivity index (χ0) is 14.8. The minimum Gasteiger partial charge on any atom is -0.465 e. The van der Waals surface area contributed by atoms with Crippen molar-refractivity contribution in [3.8, 4) is 0 Å². The highest BCUT2D eigenvalue weighted by Gasteiger charge is 2.56. The topological polar surface area (TPSA) is 46.5 Å². The van der Waals surface area contributed by atoms with Crippen molar-refractivity contribution >= 4 is 5.97 Å². The molecule has 0 aromatic carbocycles. The van der Waals surface area contributed by atoms with Crippen molar-refractivity contribution < 1.29 is 14.6 Å². The van der Waals surface area contributed by atoms with Crippen LogP contribution in [-0.4, -0.2) is 23.3 Å². The Balaban J connectivity index is 3.10. The molecule has 3 nitrogen and oxygen atoms in total. The van der Waals surface area contributed by atoms with Gasteiger partial charge in [-0.05, 0) is 51.4 Å². The van der Waals surface area contributed by atoms with Crippen LogP contribution in [0.3, 0.4) is 0 Å². The van der Waals surface area contributed by atoms with E-state index in [0.29, 0.717) is 24.9 Å². The zero-order valence-electron chi connectivity index (χ0n) is 13.3. The third-order valence-corrected chi connectivity index (χ3v) is 4.92. The van der Waals surface area contributed by atoms with Crippen LogP contribution in [0.5, 0.6) is 0 Å². The third-order valence-electron chi connectivity index (χ3n) is 4.92. The molecule has 0 radical (unpaired) electrons. The molecule has 0 heterocycles. The standard InChI is InChI=1S/C16H30O3/c1-7-19-14(17)15(5,6)16(18)10-12(4)8-9-13(16)11(2)3/h11-13,18H,7-10H2,1-6H3. The van der Waals surface area contributed by atoms with E-state index in [9.17, 15) is 9.90 Å². The minimum absolute atomic E-state index is 0.156. The van der Waals surface area contributed by atoms with E-state index in [-0.39, 0.29) is 11.9 Å². The van der Waals surface area contributed by atoms with Gasteiger partial charge in [0.15, 0.2) is 0 Å². The predicted molar refractivity (Wildman–Crippen MR) is 76.7 cm³/mol. The highest BCUT2D eigenvalue weighted by Crippen LogP contribution is 2.50. The Bertz CT molecular complexity index is 322. The molecule has 3 unspecified atom stereocenters. The Kier molecular flexibility index (Phi) is 5.05. The predicted octanol–water partition coefficient (Wildman–Crippen LogP) is 3.40. The summed E-state index contributed by atoms with van der Waals surface area (Å²) >= 11 is 0. The van der Waals surface area contributed by atoms with Crippen molar-refractivity contribution in [2.45, 2.75) is 66.4 Å². The Morgan fingerprint density at radius 2 is 2.00 bits per heavy atom. The molecule has 0 aromatic heterocycles. The summed E-state index contributed by atoms with van der Waals surface area (Å²) < 4.78 is 5.19. The van der Waals surface area contributed by atoms with Gasteiger partial charge in [-0.25, -0.2) is 0 Å². The minimum atomic E-state index is -0.967. The SMILES string of the molecule is CCOC(=O)C(C)(C)C1(O)CC(C)CCC1C(C)C. The van der Waals surface area contributed by atoms with E-state index in [4.69, 9.17) is 4.74 Å². The van der Waals surface area contributed by atoms with Gasteiger partial charge in [-0.1, -0.05) is 27.2 Å². The van der Waals surface area contributed by atoms with E-state index in [1.807, 2.05) is 13.8 Å². The molecular weight excluding hydrogens is 240 g/mol. The van der Waals surface area contributed by atoms with E-state index in [1.165, 1.54) is 0 Å². The van der Waals surface area contributed by atoms with E-state index < -0.39 is 11.0 Å². The first-order chi connectivity index (χ1) is 8.66. The lowest BCUT2D eigenvalue weighted by molar-refractivity contribution is -0.193. The largest absolute Gasteiger partial charge is 0.465 e. The first-order valence-electron chi connectivity index (χ1n) is 7.56. The summed E-state index contributed by atoms with van der Waals surface area (Å²) in [6.45, 7) is 12.3. The monoisotopic (exact) mass is 270 g/mol. The summed E-state index contributed by atoms with van der Waals surface area (Å²) in [5.74, 6) is 0.695. The van der Waals surface area contributed by atoms with E-state index in [2.05, 4.69) is 20.8 Å². The molecule has 1 fully saturated rings. The number of carbonyl (C=O) groups is 1. The van der Waals surface area contributed by atoms with Crippen LogP contribution in [0.15, 0.2) is 0 Å². The highest BCUT2D eigenvalue weighted by atomic mass is 16.5. The first kappa shape index (κ1) is 16.5. The third kappa shape index (κ3) is 2.96. The fourth-order valence-corrected chi connectivity index (χ4v) is 3.58. The number of rotatable bonds is 4. The molecule has 0 amide bonds. The molecule has 0 saturated heterocycles. The number of hydrogen-bond acceptors (Lipinski definition) is 3. The van der Waals surface area contributed by atoms with Gasteiger partial charge < -0.3 is 9.84 Å². The van der Waals surface area contributed by atoms with Crippen LogP contribution in [0, 0.1) is 23.2 Å². The maximum absolute atomic E-state index is 12.3. The Morgan fingerprint density at radius 3 is 2.47 bits per heavy atom. The molecule has 1 aliphatic rings. The van der Waals surface area contributed by atoms with Crippen LogP contribution in [0.25, 0.3) is 0 Å². The summed E-state index contributed by atoms with van der Waals surface area (Å²) in [5.41, 5.74) is -1.82. The van der Waals surface area contributed by atoms with Gasteiger partial charge in [0.2, 0.25) is 0 Å². The molecule has 1 aliphatic carbocycles. The lowest BCUT2D eigenvalue weighted by atomic mass is 9.57. The molecule has 1 N–H and O–H groups in total. The lowest BCUT2D eigenvalue weighted by Crippen LogP contribution is -2.58. The Hall–Kier alpha value is -0.570. The van der Waals surface area contributed by atoms with Gasteiger partial charge in [0, 0.05) is 0 Å². The van der Waals surface area contributed by atoms with Gasteiger partial charge in [0.25, 0.3) is 0 Å². The van der Waals surface area contributed by atoms with Crippen molar-refractivity contribution in [1.82, 2.24) is 0 Å². The van der Waals surface area contributed by atoms with Crippen LogP contribution < -0.4 is 0 Å². The smallest absolute Gasteiger partial charge is 0.314 e. The van der Waals surface area contributed by atoms with Crippen molar-refractivity contribution in [1.29, 1.82) is 0 Å². The fraction of sp³-hybridized carbons (Fsp3) is 0.938. The highest BCUT2D eigenvalue weighted by molar-refractivity contribution is 5.77. The molecule has 3 atom stereocenters. The van der Waals surface area contributed by atoms with E-state index in [0.717, 1.165) is 12.8 Å². The van der Waals surface area contributed by atoms with Gasteiger partial charge in [-0.3, -0.25) is 4.79 Å². The molecule has 0 aromatic rings. The summed E-state index contributed by atoms with van der Waals surface area (Å²) in [6.07, 6.45) is 2.80. The van der Waals surface area contributed by atoms with Crippen molar-refractivity contribution in [3.05, 3.63) is 0 Å². The van der Waals surface area contributed by atoms with Crippen molar-refractivity contribution in [3.63, 3.8) is 0 Å². The summed E-state index contributed by atoms with van der Waals surface area (Å²) in [5, 5.41) is 11.3. The molecule has 19 heavy (non-hydrogen) atoms. The zero-order valence-corrected chi connectivity index (χ0v) is 13.3. The van der Waals surface area contributed by atoms with Gasteiger partial charge in [-0.15, -0.1) is 0 Å². The molecule has 0 bridgehead atoms. The van der Waals surface area contributed by atoms with E-state index >= 15 is 0 Å². The summed E-state index contributed by atoms with van der Waals surface area (Å²) in [7, 11) is 0. The van der Waals surface area contributed by atoms with Gasteiger partial charge in [0.05, 0.1) is 17.6 Å². The number of esters is 1. The normalized spacial score (nSPS) is 32.4. The number of hydrogen-bond donors (Lipinski definition) is 1. The molecule has 1 rings (SSSR count). The summed E-state index contributed by atoms with van der Waals surface area (Å²) in [4.78, 5) is 12.3. The summed E-state index contributed by atoms with van der Waals surface area (Å²) in [6, 6.07) is 0. The Labute approximate surface area is 117 Å². The maximum Gasteiger partial charge on any atom is 0.314 e. The average molecular weight is 270 g/mol. The molecule has 1 saturated carbocycles. The van der Waals surface area contributed by atoms with Gasteiger partial charge in [0.1, 0.15) is 0 Å². The van der Waals surface area contributed by atoms with Crippen molar-refractivity contribution in [2.24, 2.45) is 23.2 Å². The molecule has 0 spiro atoms. The van der Waals surface area contributed by atoms with Crippen LogP contribution in [0.2, 0.25) is 0 Å². The molecule has 3 heteroatoms. The number of ether oxygens (including phenoxy) is 1. The quantitative estimate of drug-likeness (QED) is 0.796. The molecule has 0 aliphatic heterocycles. The lowest BCUT2D eigenvalue weighted by Gasteiger charge is -2.51. The first-order valence-corrected chi connectivity index (χ1v) is 7.56. The second-order valence-corrected chi connectivity index (χ2v) is 7.01. The second kappa shape index (κ2) is 5.82. The van der Waals surface area contributed by atoms with E-state index in [1.54, 1.807) is 6.92 Å².